The zero-order valence-corrected chi connectivity index (χ0v) is 9.80. The van der Waals surface area contributed by atoms with Crippen LogP contribution in [0.25, 0.3) is 0 Å². The van der Waals surface area contributed by atoms with E-state index >= 15 is 0 Å². The molecular formula is C15H16O2. The highest BCUT2D eigenvalue weighted by molar-refractivity contribution is 5.43. The van der Waals surface area contributed by atoms with Crippen molar-refractivity contribution in [2.24, 2.45) is 0 Å². The van der Waals surface area contributed by atoms with Crippen LogP contribution in [0.3, 0.4) is 0 Å². The minimum Gasteiger partial charge on any atom is -0.508 e. The van der Waals surface area contributed by atoms with Crippen LogP contribution in [0.2, 0.25) is 0 Å². The molecule has 0 radical (unpaired) electrons. The number of phenolic OH excluding ortho intramolecular Hbond substituents is 1. The predicted octanol–water partition coefficient (Wildman–Crippen LogP) is 3.04. The van der Waals surface area contributed by atoms with Gasteiger partial charge in [-0.3, -0.25) is 0 Å². The number of phenols is 1. The van der Waals surface area contributed by atoms with Gasteiger partial charge in [-0.05, 0) is 17.2 Å². The lowest BCUT2D eigenvalue weighted by molar-refractivity contribution is 0.280. The Bertz CT molecular complexity index is 506. The van der Waals surface area contributed by atoms with E-state index in [4.69, 9.17) is 0 Å². The number of aliphatic hydroxyl groups excluding tert-OH is 1. The Morgan fingerprint density at radius 3 is 2.18 bits per heavy atom. The van der Waals surface area contributed by atoms with Crippen LogP contribution >= 0.6 is 0 Å². The smallest absolute Gasteiger partial charge is 0.119 e. The zero-order chi connectivity index (χ0) is 12.3. The number of rotatable bonds is 3. The highest BCUT2D eigenvalue weighted by Gasteiger charge is 2.14. The van der Waals surface area contributed by atoms with Crippen molar-refractivity contribution in [2.75, 3.05) is 0 Å². The summed E-state index contributed by atoms with van der Waals surface area (Å²) in [7, 11) is 0. The predicted molar refractivity (Wildman–Crippen MR) is 68.0 cm³/mol. The fourth-order valence-electron chi connectivity index (χ4n) is 2.12. The van der Waals surface area contributed by atoms with E-state index < -0.39 is 0 Å². The average Bonchev–Trinajstić information content (AvgIpc) is 2.38. The van der Waals surface area contributed by atoms with Gasteiger partial charge in [0.2, 0.25) is 0 Å². The second kappa shape index (κ2) is 5.02. The van der Waals surface area contributed by atoms with Crippen molar-refractivity contribution in [2.45, 2.75) is 19.4 Å². The monoisotopic (exact) mass is 228 g/mol. The molecule has 2 heteroatoms. The first kappa shape index (κ1) is 11.7. The molecule has 0 aromatic heterocycles. The molecule has 0 saturated heterocycles. The zero-order valence-electron chi connectivity index (χ0n) is 9.80. The molecule has 0 aliphatic rings. The number of aromatic hydroxyl groups is 1. The van der Waals surface area contributed by atoms with E-state index in [1.54, 1.807) is 6.07 Å². The molecule has 2 N–H and O–H groups in total. The van der Waals surface area contributed by atoms with Crippen molar-refractivity contribution in [3.05, 3.63) is 65.2 Å². The van der Waals surface area contributed by atoms with E-state index in [1.807, 2.05) is 49.4 Å². The van der Waals surface area contributed by atoms with Gasteiger partial charge in [0.15, 0.2) is 0 Å². The van der Waals surface area contributed by atoms with Gasteiger partial charge in [-0.1, -0.05) is 49.4 Å². The molecule has 0 heterocycles. The van der Waals surface area contributed by atoms with Gasteiger partial charge in [-0.25, -0.2) is 0 Å². The van der Waals surface area contributed by atoms with E-state index in [2.05, 4.69) is 0 Å². The molecular weight excluding hydrogens is 212 g/mol. The van der Waals surface area contributed by atoms with E-state index in [0.29, 0.717) is 5.75 Å². The van der Waals surface area contributed by atoms with Gasteiger partial charge in [-0.15, -0.1) is 0 Å². The number of para-hydroxylation sites is 1. The van der Waals surface area contributed by atoms with Crippen molar-refractivity contribution in [3.63, 3.8) is 0 Å². The summed E-state index contributed by atoms with van der Waals surface area (Å²) in [5.74, 6) is 0.368. The maximum Gasteiger partial charge on any atom is 0.119 e. The lowest BCUT2D eigenvalue weighted by Crippen LogP contribution is -2.01. The van der Waals surface area contributed by atoms with Gasteiger partial charge in [0.1, 0.15) is 5.75 Å². The Hall–Kier alpha value is -1.80. The minimum atomic E-state index is 0.0219. The fourth-order valence-corrected chi connectivity index (χ4v) is 2.12. The van der Waals surface area contributed by atoms with Gasteiger partial charge < -0.3 is 10.2 Å². The van der Waals surface area contributed by atoms with Crippen molar-refractivity contribution in [1.82, 2.24) is 0 Å². The number of aliphatic hydroxyl groups is 1. The standard InChI is InChI=1S/C15H16O2/c1-11(14-8-4-5-9-15(14)17)13-7-3-2-6-12(13)10-16/h2-9,11,16-17H,10H2,1H3. The molecule has 2 aromatic carbocycles. The van der Waals surface area contributed by atoms with Crippen molar-refractivity contribution >= 4 is 0 Å². The Morgan fingerprint density at radius 1 is 0.941 bits per heavy atom. The molecule has 0 saturated carbocycles. The summed E-state index contributed by atoms with van der Waals surface area (Å²) in [6, 6.07) is 15.1. The highest BCUT2D eigenvalue weighted by Crippen LogP contribution is 2.32. The quantitative estimate of drug-likeness (QED) is 0.847. The molecule has 2 aromatic rings. The molecule has 0 fully saturated rings. The minimum absolute atomic E-state index is 0.0219. The first-order valence-corrected chi connectivity index (χ1v) is 5.70. The summed E-state index contributed by atoms with van der Waals surface area (Å²) < 4.78 is 0. The van der Waals surface area contributed by atoms with Crippen LogP contribution in [0.5, 0.6) is 5.75 Å². The van der Waals surface area contributed by atoms with Crippen LogP contribution in [-0.2, 0) is 6.61 Å². The van der Waals surface area contributed by atoms with Crippen LogP contribution in [0.15, 0.2) is 48.5 Å². The third kappa shape index (κ3) is 2.32. The highest BCUT2D eigenvalue weighted by atomic mass is 16.3. The van der Waals surface area contributed by atoms with Crippen molar-refractivity contribution < 1.29 is 10.2 Å². The summed E-state index contributed by atoms with van der Waals surface area (Å²) in [6.45, 7) is 2.05. The number of hydrogen-bond donors (Lipinski definition) is 2. The topological polar surface area (TPSA) is 40.5 Å². The second-order valence-electron chi connectivity index (χ2n) is 4.14. The van der Waals surface area contributed by atoms with E-state index in [9.17, 15) is 10.2 Å². The van der Waals surface area contributed by atoms with Crippen LogP contribution in [0, 0.1) is 0 Å². The molecule has 2 nitrogen and oxygen atoms in total. The normalized spacial score (nSPS) is 12.4. The Morgan fingerprint density at radius 2 is 1.53 bits per heavy atom. The summed E-state index contributed by atoms with van der Waals surface area (Å²) in [4.78, 5) is 0. The van der Waals surface area contributed by atoms with E-state index in [1.165, 1.54) is 0 Å². The third-order valence-corrected chi connectivity index (χ3v) is 3.10. The Labute approximate surface area is 101 Å². The largest absolute Gasteiger partial charge is 0.508 e. The van der Waals surface area contributed by atoms with Gasteiger partial charge in [0.05, 0.1) is 6.61 Å². The maximum atomic E-state index is 9.84. The molecule has 1 unspecified atom stereocenters. The second-order valence-corrected chi connectivity index (χ2v) is 4.14. The third-order valence-electron chi connectivity index (χ3n) is 3.10. The molecule has 0 aliphatic heterocycles. The Kier molecular flexibility index (Phi) is 3.45. The first-order chi connectivity index (χ1) is 8.24. The molecule has 0 spiro atoms. The van der Waals surface area contributed by atoms with Gasteiger partial charge in [0, 0.05) is 11.5 Å². The van der Waals surface area contributed by atoms with Gasteiger partial charge in [-0.2, -0.15) is 0 Å². The first-order valence-electron chi connectivity index (χ1n) is 5.70. The summed E-state index contributed by atoms with van der Waals surface area (Å²) in [5, 5.41) is 19.2. The number of benzene rings is 2. The lowest BCUT2D eigenvalue weighted by Gasteiger charge is -2.16. The number of hydrogen-bond acceptors (Lipinski definition) is 2. The van der Waals surface area contributed by atoms with Crippen LogP contribution in [0.4, 0.5) is 0 Å². The fraction of sp³-hybridized carbons (Fsp3) is 0.200. The van der Waals surface area contributed by atoms with Crippen molar-refractivity contribution in [3.8, 4) is 5.75 Å². The molecule has 2 rings (SSSR count). The summed E-state index contributed by atoms with van der Waals surface area (Å²) in [6.07, 6.45) is 0. The molecule has 88 valence electrons. The molecule has 0 aliphatic carbocycles. The summed E-state index contributed by atoms with van der Waals surface area (Å²) >= 11 is 0. The van der Waals surface area contributed by atoms with Crippen LogP contribution in [-0.4, -0.2) is 10.2 Å². The molecule has 0 bridgehead atoms. The lowest BCUT2D eigenvalue weighted by atomic mass is 9.89. The molecule has 17 heavy (non-hydrogen) atoms. The molecule has 0 amide bonds. The maximum absolute atomic E-state index is 9.84. The Balaban J connectivity index is 2.44. The van der Waals surface area contributed by atoms with E-state index in [-0.39, 0.29) is 12.5 Å². The van der Waals surface area contributed by atoms with Crippen molar-refractivity contribution in [1.29, 1.82) is 0 Å². The van der Waals surface area contributed by atoms with Crippen LogP contribution in [0.1, 0.15) is 29.5 Å². The molecule has 1 atom stereocenters. The average molecular weight is 228 g/mol. The van der Waals surface area contributed by atoms with Crippen LogP contribution < -0.4 is 0 Å². The van der Waals surface area contributed by atoms with Gasteiger partial charge in [0.25, 0.3) is 0 Å². The van der Waals surface area contributed by atoms with E-state index in [0.717, 1.165) is 16.7 Å². The summed E-state index contributed by atoms with van der Waals surface area (Å²) in [5.41, 5.74) is 2.84. The SMILES string of the molecule is CC(c1ccccc1O)c1ccccc1CO. The van der Waals surface area contributed by atoms with Gasteiger partial charge >= 0.3 is 0 Å².